The molecular weight excluding hydrogens is 215 g/mol. The van der Waals surface area contributed by atoms with Gasteiger partial charge in [-0.15, -0.1) is 11.3 Å². The third kappa shape index (κ3) is 2.11. The lowest BCUT2D eigenvalue weighted by Crippen LogP contribution is -2.15. The van der Waals surface area contributed by atoms with Gasteiger partial charge in [-0.25, -0.2) is 0 Å². The van der Waals surface area contributed by atoms with Crippen molar-refractivity contribution >= 4 is 46.1 Å². The molecule has 1 heterocycles. The lowest BCUT2D eigenvalue weighted by molar-refractivity contribution is 0.622. The van der Waals surface area contributed by atoms with Crippen LogP contribution < -0.4 is 4.91 Å². The minimum atomic E-state index is 0.389. The monoisotopic (exact) mass is 218 g/mol. The second kappa shape index (κ2) is 3.73. The van der Waals surface area contributed by atoms with Crippen molar-refractivity contribution in [3.63, 3.8) is 0 Å². The standard InChI is InChI=1S/C4H4BBrN2OS/c6-3-1-8-4(10-3)5-9-2-7/h1-2,5,7H. The summed E-state index contributed by atoms with van der Waals surface area (Å²) in [6.45, 7) is 0. The van der Waals surface area contributed by atoms with Crippen LogP contribution in [0.2, 0.25) is 0 Å². The highest BCUT2D eigenvalue weighted by Crippen LogP contribution is 2.10. The Bertz CT molecular complexity index is 229. The van der Waals surface area contributed by atoms with Gasteiger partial charge in [0.1, 0.15) is 11.3 Å². The van der Waals surface area contributed by atoms with Gasteiger partial charge in [0.2, 0.25) is 0 Å². The fourth-order valence-corrected chi connectivity index (χ4v) is 1.69. The SMILES string of the molecule is N=COBc1ncc(Br)s1. The molecule has 1 rings (SSSR count). The van der Waals surface area contributed by atoms with Gasteiger partial charge in [0, 0.05) is 0 Å². The Morgan fingerprint density at radius 1 is 1.90 bits per heavy atom. The largest absolute Gasteiger partial charge is 0.549 e. The van der Waals surface area contributed by atoms with E-state index in [0.717, 1.165) is 15.1 Å². The normalized spacial score (nSPS) is 8.90. The van der Waals surface area contributed by atoms with Crippen molar-refractivity contribution in [1.29, 1.82) is 5.41 Å². The summed E-state index contributed by atoms with van der Waals surface area (Å²) in [5.74, 6) is 0. The summed E-state index contributed by atoms with van der Waals surface area (Å²) < 4.78 is 5.68. The predicted molar refractivity (Wildman–Crippen MR) is 46.5 cm³/mol. The molecule has 0 aliphatic heterocycles. The summed E-state index contributed by atoms with van der Waals surface area (Å²) in [5.41, 5.74) is 0. The molecule has 0 spiro atoms. The fraction of sp³-hybridized carbons (Fsp3) is 0. The lowest BCUT2D eigenvalue weighted by atomic mass is 10.1. The smallest absolute Gasteiger partial charge is 0.405 e. The molecule has 0 aliphatic carbocycles. The number of aromatic nitrogens is 1. The molecule has 0 bridgehead atoms. The molecule has 1 aromatic rings. The van der Waals surface area contributed by atoms with Crippen molar-refractivity contribution in [2.45, 2.75) is 0 Å². The van der Waals surface area contributed by atoms with E-state index in [0.29, 0.717) is 7.48 Å². The summed E-state index contributed by atoms with van der Waals surface area (Å²) in [7, 11) is 0.389. The number of thiazole rings is 1. The molecule has 0 fully saturated rings. The first-order valence-corrected chi connectivity index (χ1v) is 4.14. The summed E-state index contributed by atoms with van der Waals surface area (Å²) in [4.78, 5) is 4.87. The molecule has 0 aliphatic rings. The molecule has 0 saturated heterocycles. The van der Waals surface area contributed by atoms with Crippen LogP contribution in [0.3, 0.4) is 0 Å². The summed E-state index contributed by atoms with van der Waals surface area (Å²) in [6.07, 6.45) is 2.63. The van der Waals surface area contributed by atoms with E-state index in [1.165, 1.54) is 11.3 Å². The number of nitrogens with one attached hydrogen (secondary N) is 1. The number of nitrogens with zero attached hydrogens (tertiary/aromatic N) is 1. The first kappa shape index (κ1) is 7.75. The zero-order valence-electron chi connectivity index (χ0n) is 5.00. The molecule has 3 nitrogen and oxygen atoms in total. The third-order valence-electron chi connectivity index (χ3n) is 0.815. The van der Waals surface area contributed by atoms with Gasteiger partial charge in [-0.1, -0.05) is 0 Å². The van der Waals surface area contributed by atoms with E-state index in [4.69, 9.17) is 10.1 Å². The molecule has 1 N–H and O–H groups in total. The molecule has 0 radical (unpaired) electrons. The van der Waals surface area contributed by atoms with E-state index in [2.05, 4.69) is 20.9 Å². The van der Waals surface area contributed by atoms with Gasteiger partial charge in [0.25, 0.3) is 0 Å². The Labute approximate surface area is 71.3 Å². The summed E-state index contributed by atoms with van der Waals surface area (Å²) >= 11 is 4.77. The van der Waals surface area contributed by atoms with E-state index < -0.39 is 0 Å². The minimum Gasteiger partial charge on any atom is -0.549 e. The van der Waals surface area contributed by atoms with Gasteiger partial charge in [-0.05, 0) is 15.9 Å². The summed E-state index contributed by atoms with van der Waals surface area (Å²) in [6, 6.07) is 0. The molecule has 0 amide bonds. The Morgan fingerprint density at radius 3 is 3.20 bits per heavy atom. The van der Waals surface area contributed by atoms with Gasteiger partial charge in [-0.3, -0.25) is 10.4 Å². The van der Waals surface area contributed by atoms with E-state index in [1.54, 1.807) is 6.20 Å². The van der Waals surface area contributed by atoms with Gasteiger partial charge in [0.15, 0.2) is 0 Å². The summed E-state index contributed by atoms with van der Waals surface area (Å²) in [5, 5.41) is 6.58. The van der Waals surface area contributed by atoms with Crippen molar-refractivity contribution < 1.29 is 4.65 Å². The zero-order valence-corrected chi connectivity index (χ0v) is 7.41. The van der Waals surface area contributed by atoms with E-state index in [1.807, 2.05) is 0 Å². The Balaban J connectivity index is 2.49. The molecule has 0 unspecified atom stereocenters. The van der Waals surface area contributed by atoms with Crippen LogP contribution in [0.4, 0.5) is 0 Å². The van der Waals surface area contributed by atoms with Gasteiger partial charge >= 0.3 is 7.48 Å². The molecule has 10 heavy (non-hydrogen) atoms. The lowest BCUT2D eigenvalue weighted by Gasteiger charge is -1.88. The maximum absolute atomic E-state index is 6.58. The minimum absolute atomic E-state index is 0.389. The third-order valence-corrected chi connectivity index (χ3v) is 2.27. The van der Waals surface area contributed by atoms with E-state index in [-0.39, 0.29) is 0 Å². The fourth-order valence-electron chi connectivity index (χ4n) is 0.468. The Morgan fingerprint density at radius 2 is 2.70 bits per heavy atom. The highest BCUT2D eigenvalue weighted by Gasteiger charge is 2.00. The Kier molecular flexibility index (Phi) is 2.89. The van der Waals surface area contributed by atoms with Crippen LogP contribution in [0, 0.1) is 5.41 Å². The highest BCUT2D eigenvalue weighted by molar-refractivity contribution is 9.11. The maximum Gasteiger partial charge on any atom is 0.405 e. The van der Waals surface area contributed by atoms with Crippen LogP contribution >= 0.6 is 27.3 Å². The average molecular weight is 219 g/mol. The topological polar surface area (TPSA) is 46.0 Å². The second-order valence-electron chi connectivity index (χ2n) is 1.49. The van der Waals surface area contributed by atoms with Crippen molar-refractivity contribution in [2.24, 2.45) is 0 Å². The van der Waals surface area contributed by atoms with Crippen molar-refractivity contribution in [2.75, 3.05) is 0 Å². The predicted octanol–water partition coefficient (Wildman–Crippen LogP) is 0.506. The van der Waals surface area contributed by atoms with E-state index >= 15 is 0 Å². The van der Waals surface area contributed by atoms with Crippen LogP contribution in [0.1, 0.15) is 0 Å². The highest BCUT2D eigenvalue weighted by atomic mass is 79.9. The van der Waals surface area contributed by atoms with Crippen LogP contribution in [-0.2, 0) is 4.65 Å². The van der Waals surface area contributed by atoms with Crippen LogP contribution in [0.5, 0.6) is 0 Å². The van der Waals surface area contributed by atoms with Gasteiger partial charge in [-0.2, -0.15) is 0 Å². The number of hydrogen-bond donors (Lipinski definition) is 1. The van der Waals surface area contributed by atoms with Crippen molar-refractivity contribution in [1.82, 2.24) is 4.98 Å². The maximum atomic E-state index is 6.58. The first-order valence-electron chi connectivity index (χ1n) is 2.53. The Hall–Kier alpha value is -0.355. The van der Waals surface area contributed by atoms with Crippen molar-refractivity contribution in [3.05, 3.63) is 9.98 Å². The molecule has 6 heteroatoms. The van der Waals surface area contributed by atoms with E-state index in [9.17, 15) is 0 Å². The van der Waals surface area contributed by atoms with Gasteiger partial charge in [0.05, 0.1) is 9.98 Å². The molecule has 0 saturated carbocycles. The van der Waals surface area contributed by atoms with Gasteiger partial charge < -0.3 is 4.65 Å². The number of hydrogen-bond acceptors (Lipinski definition) is 4. The first-order chi connectivity index (χ1) is 4.83. The molecule has 0 aromatic carbocycles. The molecular formula is C4H4BBrN2OS. The van der Waals surface area contributed by atoms with Crippen LogP contribution in [0.25, 0.3) is 0 Å². The average Bonchev–Trinajstić information content (AvgIpc) is 2.31. The van der Waals surface area contributed by atoms with Crippen LogP contribution in [0.15, 0.2) is 9.98 Å². The zero-order chi connectivity index (χ0) is 7.40. The second-order valence-corrected chi connectivity index (χ2v) is 3.98. The molecule has 0 atom stereocenters. The number of rotatable bonds is 3. The quantitative estimate of drug-likeness (QED) is 0.457. The molecule has 1 aromatic heterocycles. The van der Waals surface area contributed by atoms with Crippen molar-refractivity contribution in [3.8, 4) is 0 Å². The van der Waals surface area contributed by atoms with Crippen LogP contribution in [-0.4, -0.2) is 18.9 Å². The number of halogens is 1. The molecule has 52 valence electrons.